The Morgan fingerprint density at radius 3 is 2.61 bits per heavy atom. The summed E-state index contributed by atoms with van der Waals surface area (Å²) in [6.07, 6.45) is 0.992. The predicted octanol–water partition coefficient (Wildman–Crippen LogP) is 3.91. The van der Waals surface area contributed by atoms with E-state index in [0.717, 1.165) is 22.6 Å². The third-order valence-corrected chi connectivity index (χ3v) is 4.61. The summed E-state index contributed by atoms with van der Waals surface area (Å²) in [4.78, 5) is 1.05. The van der Waals surface area contributed by atoms with Gasteiger partial charge in [0.2, 0.25) is 0 Å². The second-order valence-electron chi connectivity index (χ2n) is 5.98. The first-order valence-corrected chi connectivity index (χ1v) is 7.98. The highest BCUT2D eigenvalue weighted by Crippen LogP contribution is 2.45. The van der Waals surface area contributed by atoms with E-state index in [9.17, 15) is 5.11 Å². The molecule has 100 valence electrons. The molecule has 0 unspecified atom stereocenters. The van der Waals surface area contributed by atoms with Crippen LogP contribution in [0, 0.1) is 0 Å². The summed E-state index contributed by atoms with van der Waals surface area (Å²) in [5.41, 5.74) is 1.19. The minimum atomic E-state index is -0.906. The van der Waals surface area contributed by atoms with Crippen molar-refractivity contribution >= 4 is 22.5 Å². The lowest BCUT2D eigenvalue weighted by molar-refractivity contribution is 0.0724. The van der Waals surface area contributed by atoms with Crippen molar-refractivity contribution in [1.82, 2.24) is 0 Å². The molecule has 1 aromatic rings. The standard InChI is InChI=1S/C14H20O2S2/c1-13(2)5-6-16-12-10(13)7-9(18-17)8-11(12)14(3,4)15/h7-8,15,17H,5-6H2,1-4H3. The maximum atomic E-state index is 10.3. The molecule has 1 aromatic carbocycles. The van der Waals surface area contributed by atoms with E-state index in [0.29, 0.717) is 6.61 Å². The van der Waals surface area contributed by atoms with Crippen molar-refractivity contribution in [3.63, 3.8) is 0 Å². The fourth-order valence-corrected chi connectivity index (χ4v) is 2.97. The van der Waals surface area contributed by atoms with Crippen molar-refractivity contribution in [2.24, 2.45) is 0 Å². The highest BCUT2D eigenvalue weighted by molar-refractivity contribution is 8.68. The fraction of sp³-hybridized carbons (Fsp3) is 0.571. The summed E-state index contributed by atoms with van der Waals surface area (Å²) in [6, 6.07) is 4.10. The summed E-state index contributed by atoms with van der Waals surface area (Å²) in [6.45, 7) is 8.72. The molecule has 2 nitrogen and oxygen atoms in total. The van der Waals surface area contributed by atoms with Crippen molar-refractivity contribution in [2.75, 3.05) is 6.61 Å². The van der Waals surface area contributed by atoms with Crippen LogP contribution in [0.15, 0.2) is 17.0 Å². The average Bonchev–Trinajstić information content (AvgIpc) is 2.26. The minimum Gasteiger partial charge on any atom is -0.493 e. The Morgan fingerprint density at radius 1 is 1.39 bits per heavy atom. The molecular formula is C14H20O2S2. The summed E-state index contributed by atoms with van der Waals surface area (Å²) in [5.74, 6) is 0.852. The maximum absolute atomic E-state index is 10.3. The minimum absolute atomic E-state index is 0.0765. The highest BCUT2D eigenvalue weighted by atomic mass is 33.1. The number of thiol groups is 1. The first kappa shape index (κ1) is 14.1. The van der Waals surface area contributed by atoms with Crippen LogP contribution in [-0.4, -0.2) is 11.7 Å². The molecule has 0 amide bonds. The van der Waals surface area contributed by atoms with Crippen LogP contribution in [0.25, 0.3) is 0 Å². The molecule has 2 rings (SSSR count). The van der Waals surface area contributed by atoms with Gasteiger partial charge in [-0.15, -0.1) is 11.7 Å². The molecule has 0 saturated carbocycles. The van der Waals surface area contributed by atoms with Crippen LogP contribution in [-0.2, 0) is 11.0 Å². The molecule has 0 radical (unpaired) electrons. The smallest absolute Gasteiger partial charge is 0.129 e. The van der Waals surface area contributed by atoms with Gasteiger partial charge in [-0.1, -0.05) is 24.6 Å². The van der Waals surface area contributed by atoms with Crippen LogP contribution in [0.4, 0.5) is 0 Å². The van der Waals surface area contributed by atoms with Crippen molar-refractivity contribution in [2.45, 2.75) is 50.0 Å². The van der Waals surface area contributed by atoms with E-state index in [-0.39, 0.29) is 5.41 Å². The van der Waals surface area contributed by atoms with Crippen molar-refractivity contribution in [3.8, 4) is 5.75 Å². The Bertz CT molecular complexity index is 444. The molecule has 0 fully saturated rings. The number of ether oxygens (including phenoxy) is 1. The van der Waals surface area contributed by atoms with Gasteiger partial charge >= 0.3 is 0 Å². The molecule has 1 aliphatic heterocycles. The van der Waals surface area contributed by atoms with Gasteiger partial charge in [-0.25, -0.2) is 0 Å². The van der Waals surface area contributed by atoms with Crippen molar-refractivity contribution in [1.29, 1.82) is 0 Å². The summed E-state index contributed by atoms with van der Waals surface area (Å²) in [7, 11) is 1.40. The lowest BCUT2D eigenvalue weighted by Crippen LogP contribution is -2.29. The summed E-state index contributed by atoms with van der Waals surface area (Å²) >= 11 is 4.27. The van der Waals surface area contributed by atoms with E-state index in [1.54, 1.807) is 13.8 Å². The number of aliphatic hydroxyl groups is 1. The average molecular weight is 284 g/mol. The number of hydrogen-bond acceptors (Lipinski definition) is 4. The molecule has 0 spiro atoms. The zero-order chi connectivity index (χ0) is 13.6. The van der Waals surface area contributed by atoms with E-state index in [1.807, 2.05) is 6.07 Å². The Labute approximate surface area is 118 Å². The Morgan fingerprint density at radius 2 is 2.06 bits per heavy atom. The predicted molar refractivity (Wildman–Crippen MR) is 79.7 cm³/mol. The molecule has 1 heterocycles. The topological polar surface area (TPSA) is 29.5 Å². The number of rotatable bonds is 2. The monoisotopic (exact) mass is 284 g/mol. The Balaban J connectivity index is 2.68. The quantitative estimate of drug-likeness (QED) is 0.637. The molecule has 4 heteroatoms. The highest BCUT2D eigenvalue weighted by Gasteiger charge is 2.34. The van der Waals surface area contributed by atoms with Gasteiger partial charge in [0.15, 0.2) is 0 Å². The zero-order valence-electron chi connectivity index (χ0n) is 11.3. The maximum Gasteiger partial charge on any atom is 0.129 e. The Hall–Kier alpha value is -0.320. The number of hydrogen-bond donors (Lipinski definition) is 2. The lowest BCUT2D eigenvalue weighted by Gasteiger charge is -2.36. The molecule has 1 N–H and O–H groups in total. The zero-order valence-corrected chi connectivity index (χ0v) is 13.0. The molecule has 0 aliphatic carbocycles. The van der Waals surface area contributed by atoms with Gasteiger partial charge in [-0.05, 0) is 37.8 Å². The molecule has 0 atom stereocenters. The van der Waals surface area contributed by atoms with E-state index < -0.39 is 5.60 Å². The second-order valence-corrected chi connectivity index (χ2v) is 7.18. The van der Waals surface area contributed by atoms with E-state index in [1.165, 1.54) is 16.4 Å². The largest absolute Gasteiger partial charge is 0.493 e. The first-order valence-electron chi connectivity index (χ1n) is 6.11. The third kappa shape index (κ3) is 2.51. The van der Waals surface area contributed by atoms with E-state index in [4.69, 9.17) is 4.74 Å². The molecule has 0 aromatic heterocycles. The molecule has 18 heavy (non-hydrogen) atoms. The van der Waals surface area contributed by atoms with Crippen LogP contribution < -0.4 is 4.74 Å². The van der Waals surface area contributed by atoms with Gasteiger partial charge in [0.25, 0.3) is 0 Å². The first-order chi connectivity index (χ1) is 8.25. The van der Waals surface area contributed by atoms with Gasteiger partial charge in [-0.2, -0.15) is 0 Å². The fourth-order valence-electron chi connectivity index (χ4n) is 2.31. The normalized spacial score (nSPS) is 18.1. The number of fused-ring (bicyclic) bond motifs is 1. The van der Waals surface area contributed by atoms with Crippen molar-refractivity contribution < 1.29 is 9.84 Å². The van der Waals surface area contributed by atoms with Gasteiger partial charge in [0, 0.05) is 16.0 Å². The second kappa shape index (κ2) is 4.66. The van der Waals surface area contributed by atoms with Crippen LogP contribution in [0.5, 0.6) is 5.75 Å². The van der Waals surface area contributed by atoms with E-state index in [2.05, 4.69) is 31.6 Å². The SMILES string of the molecule is CC(C)(O)c1cc(SS)cc2c1OCCC2(C)C. The van der Waals surface area contributed by atoms with Crippen LogP contribution in [0.1, 0.15) is 45.2 Å². The van der Waals surface area contributed by atoms with Gasteiger partial charge in [0.1, 0.15) is 5.75 Å². The van der Waals surface area contributed by atoms with Gasteiger partial charge in [0.05, 0.1) is 12.2 Å². The van der Waals surface area contributed by atoms with Crippen LogP contribution >= 0.6 is 22.5 Å². The van der Waals surface area contributed by atoms with Gasteiger partial charge < -0.3 is 9.84 Å². The Kier molecular flexibility index (Phi) is 3.65. The molecular weight excluding hydrogens is 264 g/mol. The van der Waals surface area contributed by atoms with E-state index >= 15 is 0 Å². The molecule has 0 saturated heterocycles. The molecule has 0 bridgehead atoms. The number of benzene rings is 1. The van der Waals surface area contributed by atoms with Crippen LogP contribution in [0.2, 0.25) is 0 Å². The summed E-state index contributed by atoms with van der Waals surface area (Å²) in [5, 5.41) is 10.3. The third-order valence-electron chi connectivity index (χ3n) is 3.53. The van der Waals surface area contributed by atoms with Crippen LogP contribution in [0.3, 0.4) is 0 Å². The van der Waals surface area contributed by atoms with Crippen molar-refractivity contribution in [3.05, 3.63) is 23.3 Å². The summed E-state index contributed by atoms with van der Waals surface area (Å²) < 4.78 is 5.82. The molecule has 1 aliphatic rings. The van der Waals surface area contributed by atoms with Gasteiger partial charge in [-0.3, -0.25) is 0 Å². The lowest BCUT2D eigenvalue weighted by atomic mass is 9.77.